The van der Waals surface area contributed by atoms with E-state index in [9.17, 15) is 17.2 Å². The van der Waals surface area contributed by atoms with E-state index in [1.165, 1.54) is 24.3 Å². The minimum absolute atomic E-state index is 0.0169. The standard InChI is InChI=1S/C13H18F2N2O3S/c1-9-10(5-4-8-16-9)17-21(18,19)12-7-3-2-6-11(12)20-13(14)15/h2-3,6-7,9-10,13,16-17H,4-5,8H2,1H3. The average Bonchev–Trinajstić information content (AvgIpc) is 2.41. The Hall–Kier alpha value is -1.25. The van der Waals surface area contributed by atoms with Crippen LogP contribution in [0.15, 0.2) is 29.2 Å². The summed E-state index contributed by atoms with van der Waals surface area (Å²) >= 11 is 0. The van der Waals surface area contributed by atoms with Crippen molar-refractivity contribution in [3.63, 3.8) is 0 Å². The summed E-state index contributed by atoms with van der Waals surface area (Å²) in [4.78, 5) is -0.275. The van der Waals surface area contributed by atoms with Gasteiger partial charge in [-0.15, -0.1) is 0 Å². The maximum absolute atomic E-state index is 12.4. The third-order valence-corrected chi connectivity index (χ3v) is 4.95. The van der Waals surface area contributed by atoms with Crippen molar-refractivity contribution in [1.29, 1.82) is 0 Å². The van der Waals surface area contributed by atoms with Gasteiger partial charge in [0.15, 0.2) is 0 Å². The van der Waals surface area contributed by atoms with Gasteiger partial charge in [0, 0.05) is 12.1 Å². The summed E-state index contributed by atoms with van der Waals surface area (Å²) in [6.45, 7) is -0.352. The molecule has 1 fully saturated rings. The molecule has 0 radical (unpaired) electrons. The molecule has 2 atom stereocenters. The molecule has 1 heterocycles. The molecule has 0 aromatic heterocycles. The van der Waals surface area contributed by atoms with Crippen LogP contribution < -0.4 is 14.8 Å². The van der Waals surface area contributed by atoms with Crippen LogP contribution in [0.5, 0.6) is 5.75 Å². The lowest BCUT2D eigenvalue weighted by molar-refractivity contribution is -0.0517. The van der Waals surface area contributed by atoms with Gasteiger partial charge in [-0.1, -0.05) is 12.1 Å². The highest BCUT2D eigenvalue weighted by molar-refractivity contribution is 7.89. The number of sulfonamides is 1. The lowest BCUT2D eigenvalue weighted by atomic mass is 10.0. The summed E-state index contributed by atoms with van der Waals surface area (Å²) in [6, 6.07) is 5.08. The van der Waals surface area contributed by atoms with Crippen LogP contribution in [0.25, 0.3) is 0 Å². The Morgan fingerprint density at radius 2 is 2.10 bits per heavy atom. The Morgan fingerprint density at radius 3 is 2.76 bits per heavy atom. The van der Waals surface area contributed by atoms with E-state index in [0.29, 0.717) is 6.42 Å². The minimum atomic E-state index is -3.92. The predicted octanol–water partition coefficient (Wildman–Crippen LogP) is 1.71. The van der Waals surface area contributed by atoms with Crippen LogP contribution in [-0.4, -0.2) is 33.7 Å². The van der Waals surface area contributed by atoms with E-state index in [4.69, 9.17) is 0 Å². The van der Waals surface area contributed by atoms with Crippen LogP contribution in [0.3, 0.4) is 0 Å². The molecule has 1 aliphatic heterocycles. The smallest absolute Gasteiger partial charge is 0.387 e. The van der Waals surface area contributed by atoms with E-state index in [2.05, 4.69) is 14.8 Å². The maximum atomic E-state index is 12.4. The second-order valence-corrected chi connectivity index (χ2v) is 6.62. The number of para-hydroxylation sites is 1. The van der Waals surface area contributed by atoms with Gasteiger partial charge in [-0.3, -0.25) is 0 Å². The number of benzene rings is 1. The normalized spacial score (nSPS) is 23.2. The van der Waals surface area contributed by atoms with Crippen LogP contribution in [0.1, 0.15) is 19.8 Å². The highest BCUT2D eigenvalue weighted by atomic mass is 32.2. The summed E-state index contributed by atoms with van der Waals surface area (Å²) in [5.74, 6) is -0.351. The Labute approximate surface area is 122 Å². The van der Waals surface area contributed by atoms with Gasteiger partial charge in [0.05, 0.1) is 0 Å². The Kier molecular flexibility index (Phi) is 5.13. The summed E-state index contributed by atoms with van der Waals surface area (Å²) in [5, 5.41) is 3.17. The maximum Gasteiger partial charge on any atom is 0.387 e. The topological polar surface area (TPSA) is 67.4 Å². The first-order chi connectivity index (χ1) is 9.90. The fourth-order valence-corrected chi connectivity index (χ4v) is 3.82. The number of alkyl halides is 2. The van der Waals surface area contributed by atoms with Gasteiger partial charge in [-0.25, -0.2) is 13.1 Å². The van der Waals surface area contributed by atoms with Gasteiger partial charge >= 0.3 is 6.61 Å². The van der Waals surface area contributed by atoms with Gasteiger partial charge in [0.1, 0.15) is 10.6 Å². The largest absolute Gasteiger partial charge is 0.433 e. The highest BCUT2D eigenvalue weighted by Crippen LogP contribution is 2.25. The molecule has 1 aromatic carbocycles. The molecule has 0 saturated carbocycles. The first-order valence-electron chi connectivity index (χ1n) is 6.70. The van der Waals surface area contributed by atoms with E-state index in [0.717, 1.165) is 13.0 Å². The van der Waals surface area contributed by atoms with Crippen molar-refractivity contribution in [1.82, 2.24) is 10.0 Å². The van der Waals surface area contributed by atoms with Crippen LogP contribution in [0.2, 0.25) is 0 Å². The SMILES string of the molecule is CC1NCCCC1NS(=O)(=O)c1ccccc1OC(F)F. The van der Waals surface area contributed by atoms with Gasteiger partial charge < -0.3 is 10.1 Å². The van der Waals surface area contributed by atoms with Crippen LogP contribution >= 0.6 is 0 Å². The summed E-state index contributed by atoms with van der Waals surface area (Å²) < 4.78 is 56.3. The molecule has 0 spiro atoms. The van der Waals surface area contributed by atoms with Crippen molar-refractivity contribution in [2.75, 3.05) is 6.54 Å². The quantitative estimate of drug-likeness (QED) is 0.867. The molecule has 0 bridgehead atoms. The van der Waals surface area contributed by atoms with Crippen molar-refractivity contribution in [2.45, 2.75) is 43.4 Å². The molecular weight excluding hydrogens is 302 g/mol. The number of nitrogens with one attached hydrogen (secondary N) is 2. The van der Waals surface area contributed by atoms with Crippen LogP contribution in [-0.2, 0) is 10.0 Å². The number of ether oxygens (including phenoxy) is 1. The number of halogens is 2. The molecule has 0 aliphatic carbocycles. The van der Waals surface area contributed by atoms with E-state index in [-0.39, 0.29) is 22.7 Å². The molecule has 2 unspecified atom stereocenters. The minimum Gasteiger partial charge on any atom is -0.433 e. The molecule has 2 N–H and O–H groups in total. The van der Waals surface area contributed by atoms with E-state index >= 15 is 0 Å². The van der Waals surface area contributed by atoms with Gasteiger partial charge in [-0.05, 0) is 38.4 Å². The molecular formula is C13H18F2N2O3S. The summed E-state index contributed by atoms with van der Waals surface area (Å²) in [6.07, 6.45) is 1.55. The summed E-state index contributed by atoms with van der Waals surface area (Å²) in [5.41, 5.74) is 0. The fourth-order valence-electron chi connectivity index (χ4n) is 2.33. The monoisotopic (exact) mass is 320 g/mol. The van der Waals surface area contributed by atoms with Crippen molar-refractivity contribution >= 4 is 10.0 Å². The number of hydrogen-bond donors (Lipinski definition) is 2. The number of hydrogen-bond acceptors (Lipinski definition) is 4. The third-order valence-electron chi connectivity index (χ3n) is 3.42. The molecule has 1 saturated heterocycles. The molecule has 0 amide bonds. The van der Waals surface area contributed by atoms with Crippen molar-refractivity contribution in [3.05, 3.63) is 24.3 Å². The lowest BCUT2D eigenvalue weighted by Gasteiger charge is -2.30. The van der Waals surface area contributed by atoms with Crippen molar-refractivity contribution in [3.8, 4) is 5.75 Å². The molecule has 118 valence electrons. The fraction of sp³-hybridized carbons (Fsp3) is 0.538. The van der Waals surface area contributed by atoms with Crippen LogP contribution in [0.4, 0.5) is 8.78 Å². The second kappa shape index (κ2) is 6.67. The number of rotatable bonds is 5. The lowest BCUT2D eigenvalue weighted by Crippen LogP contribution is -2.51. The summed E-state index contributed by atoms with van der Waals surface area (Å²) in [7, 11) is -3.92. The van der Waals surface area contributed by atoms with E-state index < -0.39 is 16.6 Å². The van der Waals surface area contributed by atoms with Crippen LogP contribution in [0, 0.1) is 0 Å². The van der Waals surface area contributed by atoms with E-state index in [1.54, 1.807) is 0 Å². The van der Waals surface area contributed by atoms with Gasteiger partial charge in [0.25, 0.3) is 0 Å². The molecule has 2 rings (SSSR count). The molecule has 8 heteroatoms. The highest BCUT2D eigenvalue weighted by Gasteiger charge is 2.28. The zero-order valence-electron chi connectivity index (χ0n) is 11.6. The predicted molar refractivity (Wildman–Crippen MR) is 73.9 cm³/mol. The first kappa shape index (κ1) is 16.1. The average molecular weight is 320 g/mol. The Balaban J connectivity index is 2.23. The Morgan fingerprint density at radius 1 is 1.38 bits per heavy atom. The van der Waals surface area contributed by atoms with Gasteiger partial charge in [-0.2, -0.15) is 8.78 Å². The first-order valence-corrected chi connectivity index (χ1v) is 8.18. The van der Waals surface area contributed by atoms with Crippen molar-refractivity contribution in [2.24, 2.45) is 0 Å². The van der Waals surface area contributed by atoms with E-state index in [1.807, 2.05) is 6.92 Å². The second-order valence-electron chi connectivity index (χ2n) is 4.94. The zero-order chi connectivity index (χ0) is 15.5. The van der Waals surface area contributed by atoms with Gasteiger partial charge in [0.2, 0.25) is 10.0 Å². The zero-order valence-corrected chi connectivity index (χ0v) is 12.4. The molecule has 5 nitrogen and oxygen atoms in total. The third kappa shape index (κ3) is 4.12. The molecule has 21 heavy (non-hydrogen) atoms. The van der Waals surface area contributed by atoms with Crippen molar-refractivity contribution < 1.29 is 21.9 Å². The molecule has 1 aromatic rings. The Bertz CT molecular complexity index is 581. The number of piperidine rings is 1. The molecule has 1 aliphatic rings.